The molecule has 1 heterocycles. The van der Waals surface area contributed by atoms with Gasteiger partial charge >= 0.3 is 0 Å². The molecule has 2 aromatic carbocycles. The van der Waals surface area contributed by atoms with E-state index in [2.05, 4.69) is 14.1 Å². The third-order valence-corrected chi connectivity index (χ3v) is 3.97. The molecule has 21 heavy (non-hydrogen) atoms. The molecule has 4 nitrogen and oxygen atoms in total. The van der Waals surface area contributed by atoms with E-state index in [0.29, 0.717) is 16.2 Å². The van der Waals surface area contributed by atoms with Gasteiger partial charge in [-0.15, -0.1) is 0 Å². The molecule has 0 aliphatic rings. The molecule has 0 aliphatic carbocycles. The Morgan fingerprint density at radius 1 is 1.24 bits per heavy atom. The van der Waals surface area contributed by atoms with Crippen LogP contribution in [0.3, 0.4) is 0 Å². The zero-order chi connectivity index (χ0) is 14.8. The number of nitrogens with one attached hydrogen (secondary N) is 1. The van der Waals surface area contributed by atoms with E-state index in [9.17, 15) is 9.50 Å². The minimum atomic E-state index is -0.982. The maximum atomic E-state index is 13.6. The molecule has 1 aromatic heterocycles. The summed E-state index contributed by atoms with van der Waals surface area (Å²) in [5.41, 5.74) is 2.21. The average molecular weight is 324 g/mol. The van der Waals surface area contributed by atoms with Gasteiger partial charge in [0.2, 0.25) is 0 Å². The molecule has 0 saturated carbocycles. The molecule has 0 aliphatic heterocycles. The quantitative estimate of drug-likeness (QED) is 0.769. The molecule has 1 atom stereocenters. The number of aromatic nitrogens is 2. The van der Waals surface area contributed by atoms with Gasteiger partial charge in [-0.2, -0.15) is 8.75 Å². The zero-order valence-electron chi connectivity index (χ0n) is 10.8. The van der Waals surface area contributed by atoms with Gasteiger partial charge < -0.3 is 10.4 Å². The van der Waals surface area contributed by atoms with Crippen molar-refractivity contribution >= 4 is 40.0 Å². The topological polar surface area (TPSA) is 58.0 Å². The van der Waals surface area contributed by atoms with Crippen molar-refractivity contribution in [2.45, 2.75) is 6.10 Å². The van der Waals surface area contributed by atoms with Gasteiger partial charge in [-0.05, 0) is 18.2 Å². The number of halogens is 2. The lowest BCUT2D eigenvalue weighted by Gasteiger charge is -2.14. The van der Waals surface area contributed by atoms with Crippen molar-refractivity contribution in [3.63, 3.8) is 0 Å². The molecule has 0 radical (unpaired) electrons. The lowest BCUT2D eigenvalue weighted by molar-refractivity contribution is 0.186. The number of fused-ring (bicyclic) bond motifs is 1. The lowest BCUT2D eigenvalue weighted by Crippen LogP contribution is -2.14. The van der Waals surface area contributed by atoms with E-state index in [1.165, 1.54) is 6.07 Å². The molecule has 0 spiro atoms. The van der Waals surface area contributed by atoms with Crippen LogP contribution in [0.25, 0.3) is 11.0 Å². The summed E-state index contributed by atoms with van der Waals surface area (Å²) < 4.78 is 21.9. The second-order valence-electron chi connectivity index (χ2n) is 4.47. The summed E-state index contributed by atoms with van der Waals surface area (Å²) in [6, 6.07) is 9.62. The number of aliphatic hydroxyl groups is 1. The van der Waals surface area contributed by atoms with Crippen molar-refractivity contribution in [2.24, 2.45) is 0 Å². The van der Waals surface area contributed by atoms with Gasteiger partial charge in [0.15, 0.2) is 0 Å². The first-order chi connectivity index (χ1) is 10.2. The number of nitrogens with zero attached hydrogens (tertiary/aromatic N) is 2. The third kappa shape index (κ3) is 2.83. The van der Waals surface area contributed by atoms with E-state index in [4.69, 9.17) is 11.6 Å². The summed E-state index contributed by atoms with van der Waals surface area (Å²) in [4.78, 5) is 0. The maximum Gasteiger partial charge on any atom is 0.129 e. The molecular formula is C14H11ClFN3OS. The van der Waals surface area contributed by atoms with Crippen LogP contribution >= 0.6 is 23.3 Å². The van der Waals surface area contributed by atoms with E-state index in [1.807, 2.05) is 0 Å². The molecule has 108 valence electrons. The van der Waals surface area contributed by atoms with Crippen LogP contribution in [-0.4, -0.2) is 20.4 Å². The van der Waals surface area contributed by atoms with Crippen LogP contribution in [0.4, 0.5) is 10.1 Å². The largest absolute Gasteiger partial charge is 0.386 e. The summed E-state index contributed by atoms with van der Waals surface area (Å²) in [6.45, 7) is 0.122. The van der Waals surface area contributed by atoms with Gasteiger partial charge in [-0.25, -0.2) is 4.39 Å². The summed E-state index contributed by atoms with van der Waals surface area (Å²) in [5.74, 6) is -0.438. The van der Waals surface area contributed by atoms with E-state index in [1.54, 1.807) is 30.3 Å². The minimum Gasteiger partial charge on any atom is -0.386 e. The van der Waals surface area contributed by atoms with E-state index in [-0.39, 0.29) is 12.1 Å². The van der Waals surface area contributed by atoms with Crippen LogP contribution in [0.2, 0.25) is 5.02 Å². The van der Waals surface area contributed by atoms with Gasteiger partial charge in [-0.3, -0.25) is 0 Å². The Morgan fingerprint density at radius 2 is 2.05 bits per heavy atom. The molecular weight excluding hydrogens is 313 g/mol. The molecule has 2 N–H and O–H groups in total. The Kier molecular flexibility index (Phi) is 4.01. The summed E-state index contributed by atoms with van der Waals surface area (Å²) >= 11 is 7.23. The number of hydrogen-bond donors (Lipinski definition) is 2. The predicted octanol–water partition coefficient (Wildman–Crippen LogP) is 3.63. The zero-order valence-corrected chi connectivity index (χ0v) is 12.3. The third-order valence-electron chi connectivity index (χ3n) is 3.11. The number of anilines is 1. The minimum absolute atomic E-state index is 0.122. The number of rotatable bonds is 4. The first kappa shape index (κ1) is 14.2. The second-order valence-corrected chi connectivity index (χ2v) is 5.41. The molecule has 7 heteroatoms. The summed E-state index contributed by atoms with van der Waals surface area (Å²) in [6.07, 6.45) is -0.982. The predicted molar refractivity (Wildman–Crippen MR) is 82.3 cm³/mol. The average Bonchev–Trinajstić information content (AvgIpc) is 2.95. The SMILES string of the molecule is OC(CNc1c(Cl)ccc2nsnc12)c1ccccc1F. The highest BCUT2D eigenvalue weighted by Crippen LogP contribution is 2.30. The Balaban J connectivity index is 1.82. The number of hydrogen-bond acceptors (Lipinski definition) is 5. The van der Waals surface area contributed by atoms with Gasteiger partial charge in [-0.1, -0.05) is 29.8 Å². The van der Waals surface area contributed by atoms with Crippen molar-refractivity contribution in [3.05, 3.63) is 52.8 Å². The van der Waals surface area contributed by atoms with Crippen molar-refractivity contribution in [2.75, 3.05) is 11.9 Å². The molecule has 0 fully saturated rings. The van der Waals surface area contributed by atoms with Crippen LogP contribution < -0.4 is 5.32 Å². The fourth-order valence-corrected chi connectivity index (χ4v) is 2.81. The maximum absolute atomic E-state index is 13.6. The van der Waals surface area contributed by atoms with E-state index >= 15 is 0 Å². The van der Waals surface area contributed by atoms with Crippen LogP contribution in [-0.2, 0) is 0 Å². The molecule has 3 rings (SSSR count). The second kappa shape index (κ2) is 5.93. The fraction of sp³-hybridized carbons (Fsp3) is 0.143. The monoisotopic (exact) mass is 323 g/mol. The molecule has 1 unspecified atom stereocenters. The normalized spacial score (nSPS) is 12.5. The molecule has 3 aromatic rings. The van der Waals surface area contributed by atoms with Crippen LogP contribution in [0, 0.1) is 5.82 Å². The summed E-state index contributed by atoms with van der Waals surface area (Å²) in [5, 5.41) is 13.6. The highest BCUT2D eigenvalue weighted by molar-refractivity contribution is 7.00. The molecule has 0 amide bonds. The first-order valence-electron chi connectivity index (χ1n) is 6.24. The van der Waals surface area contributed by atoms with Gasteiger partial charge in [0.05, 0.1) is 28.5 Å². The van der Waals surface area contributed by atoms with Gasteiger partial charge in [0, 0.05) is 12.1 Å². The highest BCUT2D eigenvalue weighted by Gasteiger charge is 2.15. The van der Waals surface area contributed by atoms with Crippen molar-refractivity contribution < 1.29 is 9.50 Å². The summed E-state index contributed by atoms with van der Waals surface area (Å²) in [7, 11) is 0. The lowest BCUT2D eigenvalue weighted by atomic mass is 10.1. The van der Waals surface area contributed by atoms with E-state index in [0.717, 1.165) is 17.2 Å². The standard InChI is InChI=1S/C14H11ClFN3OS/c15-9-5-6-11-14(19-21-18-11)13(9)17-7-12(20)8-3-1-2-4-10(8)16/h1-6,12,17,20H,7H2. The fourth-order valence-electron chi connectivity index (χ4n) is 2.05. The first-order valence-corrected chi connectivity index (χ1v) is 7.35. The Bertz CT molecular complexity index is 780. The Labute approximate surface area is 129 Å². The number of benzene rings is 2. The Hall–Kier alpha value is -1.76. The molecule has 0 bridgehead atoms. The van der Waals surface area contributed by atoms with Crippen molar-refractivity contribution in [1.82, 2.24) is 8.75 Å². The van der Waals surface area contributed by atoms with Gasteiger partial charge in [0.25, 0.3) is 0 Å². The Morgan fingerprint density at radius 3 is 2.86 bits per heavy atom. The van der Waals surface area contributed by atoms with E-state index < -0.39 is 11.9 Å². The smallest absolute Gasteiger partial charge is 0.129 e. The van der Waals surface area contributed by atoms with Gasteiger partial charge in [0.1, 0.15) is 16.9 Å². The van der Waals surface area contributed by atoms with Crippen LogP contribution in [0.1, 0.15) is 11.7 Å². The number of aliphatic hydroxyl groups excluding tert-OH is 1. The van der Waals surface area contributed by atoms with Crippen LogP contribution in [0.5, 0.6) is 0 Å². The van der Waals surface area contributed by atoms with Crippen molar-refractivity contribution in [3.8, 4) is 0 Å². The van der Waals surface area contributed by atoms with Crippen LogP contribution in [0.15, 0.2) is 36.4 Å². The van der Waals surface area contributed by atoms with Crippen molar-refractivity contribution in [1.29, 1.82) is 0 Å². The highest BCUT2D eigenvalue weighted by atomic mass is 35.5. The molecule has 0 saturated heterocycles.